The minimum absolute atomic E-state index is 0.455. The van der Waals surface area contributed by atoms with Gasteiger partial charge in [-0.2, -0.15) is 5.26 Å². The first-order valence-electron chi connectivity index (χ1n) is 5.40. The van der Waals surface area contributed by atoms with Gasteiger partial charge in [-0.3, -0.25) is 0 Å². The van der Waals surface area contributed by atoms with Crippen molar-refractivity contribution in [3.63, 3.8) is 0 Å². The lowest BCUT2D eigenvalue weighted by Crippen LogP contribution is -2.04. The van der Waals surface area contributed by atoms with Crippen LogP contribution < -0.4 is 0 Å². The fourth-order valence-corrected chi connectivity index (χ4v) is 2.76. The first-order chi connectivity index (χ1) is 7.81. The summed E-state index contributed by atoms with van der Waals surface area (Å²) in [6, 6.07) is 2.01. The van der Waals surface area contributed by atoms with Gasteiger partial charge in [0, 0.05) is 18.7 Å². The summed E-state index contributed by atoms with van der Waals surface area (Å²) >= 11 is 7.28. The maximum Gasteiger partial charge on any atom is 0.191 e. The summed E-state index contributed by atoms with van der Waals surface area (Å²) < 4.78 is 2.17. The highest BCUT2D eigenvalue weighted by Crippen LogP contribution is 2.22. The molecule has 0 amide bonds. The highest BCUT2D eigenvalue weighted by molar-refractivity contribution is 7.99. The number of fused-ring (bicyclic) bond motifs is 1. The van der Waals surface area contributed by atoms with Gasteiger partial charge >= 0.3 is 0 Å². The second kappa shape index (κ2) is 5.55. The lowest BCUT2D eigenvalue weighted by Gasteiger charge is -2.05. The molecule has 1 aliphatic heterocycles. The molecule has 16 heavy (non-hydrogen) atoms. The van der Waals surface area contributed by atoms with Crippen LogP contribution in [0, 0.1) is 11.3 Å². The molecule has 1 atom stereocenters. The van der Waals surface area contributed by atoms with Crippen LogP contribution in [0.25, 0.3) is 0 Å². The number of rotatable bonds is 3. The van der Waals surface area contributed by atoms with E-state index in [0.29, 0.717) is 5.75 Å². The largest absolute Gasteiger partial charge is 0.306 e. The number of hydrogen-bond acceptors (Lipinski definition) is 4. The minimum Gasteiger partial charge on any atom is -0.306 e. The minimum atomic E-state index is -0.455. The molecular weight excluding hydrogens is 244 g/mol. The van der Waals surface area contributed by atoms with Crippen LogP contribution >= 0.6 is 23.4 Å². The third-order valence-electron chi connectivity index (χ3n) is 2.57. The van der Waals surface area contributed by atoms with Crippen LogP contribution in [0.5, 0.6) is 0 Å². The van der Waals surface area contributed by atoms with Crippen LogP contribution in [0.3, 0.4) is 0 Å². The van der Waals surface area contributed by atoms with Crippen LogP contribution in [0.15, 0.2) is 5.16 Å². The second-order valence-corrected chi connectivity index (χ2v) is 5.28. The third-order valence-corrected chi connectivity index (χ3v) is 4.07. The van der Waals surface area contributed by atoms with E-state index < -0.39 is 5.38 Å². The van der Waals surface area contributed by atoms with Gasteiger partial charge in [-0.05, 0) is 12.8 Å². The summed E-state index contributed by atoms with van der Waals surface area (Å²) in [5.74, 6) is 1.64. The summed E-state index contributed by atoms with van der Waals surface area (Å²) in [6.45, 7) is 0.990. The Morgan fingerprint density at radius 2 is 2.31 bits per heavy atom. The Morgan fingerprint density at radius 3 is 3.12 bits per heavy atom. The van der Waals surface area contributed by atoms with Crippen molar-refractivity contribution in [2.45, 2.75) is 42.8 Å². The Morgan fingerprint density at radius 1 is 1.44 bits per heavy atom. The van der Waals surface area contributed by atoms with E-state index in [1.807, 2.05) is 6.07 Å². The van der Waals surface area contributed by atoms with E-state index in [2.05, 4.69) is 14.8 Å². The van der Waals surface area contributed by atoms with Crippen LogP contribution in [0.2, 0.25) is 0 Å². The Hall–Kier alpha value is -0.730. The van der Waals surface area contributed by atoms with Gasteiger partial charge in [-0.1, -0.05) is 18.2 Å². The zero-order valence-corrected chi connectivity index (χ0v) is 10.5. The zero-order valence-electron chi connectivity index (χ0n) is 8.90. The van der Waals surface area contributed by atoms with Crippen molar-refractivity contribution in [3.05, 3.63) is 5.82 Å². The molecule has 1 unspecified atom stereocenters. The summed E-state index contributed by atoms with van der Waals surface area (Å²) in [7, 11) is 0. The standard InChI is InChI=1S/C10H13ClN4S/c11-8(6-12)7-16-10-14-13-9-4-2-1-3-5-15(9)10/h8H,1-5,7H2. The predicted molar refractivity (Wildman–Crippen MR) is 63.6 cm³/mol. The lowest BCUT2D eigenvalue weighted by molar-refractivity contribution is 0.591. The molecule has 0 saturated carbocycles. The van der Waals surface area contributed by atoms with Gasteiger partial charge in [0.1, 0.15) is 11.2 Å². The Balaban J connectivity index is 2.05. The highest BCUT2D eigenvalue weighted by atomic mass is 35.5. The molecule has 1 aromatic rings. The number of hydrogen-bond donors (Lipinski definition) is 0. The van der Waals surface area contributed by atoms with Crippen molar-refractivity contribution in [1.29, 1.82) is 5.26 Å². The second-order valence-electron chi connectivity index (χ2n) is 3.77. The SMILES string of the molecule is N#CC(Cl)CSc1nnc2n1CCCCC2. The Bertz CT molecular complexity index is 398. The molecule has 0 spiro atoms. The van der Waals surface area contributed by atoms with Gasteiger partial charge in [0.05, 0.1) is 6.07 Å². The molecule has 0 aromatic carbocycles. The Kier molecular flexibility index (Phi) is 4.08. The average molecular weight is 257 g/mol. The molecule has 0 bridgehead atoms. The van der Waals surface area contributed by atoms with Gasteiger partial charge in [0.25, 0.3) is 0 Å². The maximum atomic E-state index is 8.61. The molecule has 0 fully saturated rings. The first kappa shape index (κ1) is 11.7. The monoisotopic (exact) mass is 256 g/mol. The van der Waals surface area contributed by atoms with Crippen molar-refractivity contribution in [2.75, 3.05) is 5.75 Å². The third kappa shape index (κ3) is 2.69. The molecule has 2 rings (SSSR count). The van der Waals surface area contributed by atoms with Crippen molar-refractivity contribution >= 4 is 23.4 Å². The molecule has 0 N–H and O–H groups in total. The van der Waals surface area contributed by atoms with Crippen LogP contribution in [-0.2, 0) is 13.0 Å². The fourth-order valence-electron chi connectivity index (χ4n) is 1.75. The number of nitriles is 1. The number of halogens is 1. The molecule has 86 valence electrons. The van der Waals surface area contributed by atoms with Crippen molar-refractivity contribution in [1.82, 2.24) is 14.8 Å². The molecular formula is C10H13ClN4S. The number of alkyl halides is 1. The molecule has 1 aromatic heterocycles. The molecule has 6 heteroatoms. The van der Waals surface area contributed by atoms with E-state index >= 15 is 0 Å². The number of nitrogens with zero attached hydrogens (tertiary/aromatic N) is 4. The first-order valence-corrected chi connectivity index (χ1v) is 6.82. The molecule has 4 nitrogen and oxygen atoms in total. The smallest absolute Gasteiger partial charge is 0.191 e. The topological polar surface area (TPSA) is 54.5 Å². The molecule has 2 heterocycles. The van der Waals surface area contributed by atoms with Crippen LogP contribution in [-0.4, -0.2) is 25.9 Å². The summed E-state index contributed by atoms with van der Waals surface area (Å²) in [4.78, 5) is 0. The summed E-state index contributed by atoms with van der Waals surface area (Å²) in [5.41, 5.74) is 0. The molecule has 0 saturated heterocycles. The van der Waals surface area contributed by atoms with E-state index in [-0.39, 0.29) is 0 Å². The van der Waals surface area contributed by atoms with Crippen molar-refractivity contribution in [2.24, 2.45) is 0 Å². The van der Waals surface area contributed by atoms with E-state index in [4.69, 9.17) is 16.9 Å². The molecule has 0 radical (unpaired) electrons. The van der Waals surface area contributed by atoms with Crippen LogP contribution in [0.4, 0.5) is 0 Å². The van der Waals surface area contributed by atoms with Gasteiger partial charge in [0.15, 0.2) is 5.16 Å². The van der Waals surface area contributed by atoms with Crippen molar-refractivity contribution in [3.8, 4) is 6.07 Å². The van der Waals surface area contributed by atoms with Crippen molar-refractivity contribution < 1.29 is 0 Å². The van der Waals surface area contributed by atoms with E-state index in [1.54, 1.807) is 0 Å². The number of thioether (sulfide) groups is 1. The molecule has 1 aliphatic rings. The Labute approximate surface area is 104 Å². The van der Waals surface area contributed by atoms with E-state index in [0.717, 1.165) is 23.9 Å². The predicted octanol–water partition coefficient (Wildman–Crippen LogP) is 2.23. The van der Waals surface area contributed by atoms with Gasteiger partial charge in [-0.15, -0.1) is 21.8 Å². The average Bonchev–Trinajstić information content (AvgIpc) is 2.54. The number of aromatic nitrogens is 3. The normalized spacial score (nSPS) is 17.2. The maximum absolute atomic E-state index is 8.61. The van der Waals surface area contributed by atoms with Crippen LogP contribution in [0.1, 0.15) is 25.1 Å². The lowest BCUT2D eigenvalue weighted by atomic mass is 10.2. The number of aryl methyl sites for hydroxylation is 1. The quantitative estimate of drug-likeness (QED) is 0.615. The zero-order chi connectivity index (χ0) is 11.4. The fraction of sp³-hybridized carbons (Fsp3) is 0.700. The van der Waals surface area contributed by atoms with Gasteiger partial charge in [0.2, 0.25) is 0 Å². The van der Waals surface area contributed by atoms with E-state index in [9.17, 15) is 0 Å². The van der Waals surface area contributed by atoms with Gasteiger partial charge < -0.3 is 4.57 Å². The molecule has 0 aliphatic carbocycles. The van der Waals surface area contributed by atoms with E-state index in [1.165, 1.54) is 31.0 Å². The highest BCUT2D eigenvalue weighted by Gasteiger charge is 2.15. The summed E-state index contributed by atoms with van der Waals surface area (Å²) in [5, 5.41) is 17.4. The summed E-state index contributed by atoms with van der Waals surface area (Å²) in [6.07, 6.45) is 4.64. The van der Waals surface area contributed by atoms with Gasteiger partial charge in [-0.25, -0.2) is 0 Å².